The molecule has 0 radical (unpaired) electrons. The molecule has 1 aromatic rings. The number of nitrogens with one attached hydrogen (secondary N) is 1. The zero-order valence-corrected chi connectivity index (χ0v) is 11.7. The van der Waals surface area contributed by atoms with Crippen LogP contribution in [0, 0.1) is 0 Å². The first kappa shape index (κ1) is 14.6. The molecule has 0 atom stereocenters. The summed E-state index contributed by atoms with van der Waals surface area (Å²) in [5, 5.41) is 2.71. The molecule has 1 aromatic heterocycles. The molecule has 1 heterocycles. The molecule has 5 nitrogen and oxygen atoms in total. The van der Waals surface area contributed by atoms with E-state index in [0.717, 1.165) is 0 Å². The van der Waals surface area contributed by atoms with Crippen LogP contribution >= 0.6 is 15.9 Å². The quantitative estimate of drug-likeness (QED) is 0.495. The van der Waals surface area contributed by atoms with Gasteiger partial charge in [0.05, 0.1) is 12.2 Å². The van der Waals surface area contributed by atoms with Crippen LogP contribution in [0.3, 0.4) is 0 Å². The molecule has 0 bridgehead atoms. The Hall–Kier alpha value is -1.43. The average Bonchev–Trinajstić information content (AvgIpc) is 2.35. The second-order valence-corrected chi connectivity index (χ2v) is 4.35. The highest BCUT2D eigenvalue weighted by Crippen LogP contribution is 2.06. The summed E-state index contributed by atoms with van der Waals surface area (Å²) in [6.45, 7) is 2.59. The molecule has 0 saturated heterocycles. The summed E-state index contributed by atoms with van der Waals surface area (Å²) in [5.41, 5.74) is 0.495. The maximum absolute atomic E-state index is 11.6. The van der Waals surface area contributed by atoms with E-state index in [4.69, 9.17) is 4.74 Å². The Labute approximate surface area is 114 Å². The van der Waals surface area contributed by atoms with Gasteiger partial charge in [-0.25, -0.2) is 4.98 Å². The Kier molecular flexibility index (Phi) is 6.35. The SMILES string of the molecule is CCOC(=O)CCCNC(=O)c1ccc(Br)nc1. The second-order valence-electron chi connectivity index (χ2n) is 3.53. The molecule has 0 fully saturated rings. The van der Waals surface area contributed by atoms with Crippen molar-refractivity contribution in [3.8, 4) is 0 Å². The van der Waals surface area contributed by atoms with Gasteiger partial charge in [0.1, 0.15) is 4.60 Å². The smallest absolute Gasteiger partial charge is 0.305 e. The largest absolute Gasteiger partial charge is 0.466 e. The molecule has 0 aromatic carbocycles. The minimum atomic E-state index is -0.239. The summed E-state index contributed by atoms with van der Waals surface area (Å²) >= 11 is 3.19. The fourth-order valence-electron chi connectivity index (χ4n) is 1.28. The van der Waals surface area contributed by atoms with Crippen LogP contribution in [0.25, 0.3) is 0 Å². The van der Waals surface area contributed by atoms with E-state index < -0.39 is 0 Å². The minimum Gasteiger partial charge on any atom is -0.466 e. The van der Waals surface area contributed by atoms with Gasteiger partial charge in [0.15, 0.2) is 0 Å². The summed E-state index contributed by atoms with van der Waals surface area (Å²) < 4.78 is 5.46. The zero-order chi connectivity index (χ0) is 13.4. The van der Waals surface area contributed by atoms with Crippen molar-refractivity contribution in [1.29, 1.82) is 0 Å². The molecule has 0 spiro atoms. The Morgan fingerprint density at radius 3 is 2.83 bits per heavy atom. The van der Waals surface area contributed by atoms with Gasteiger partial charge in [-0.2, -0.15) is 0 Å². The van der Waals surface area contributed by atoms with E-state index in [1.165, 1.54) is 6.20 Å². The van der Waals surface area contributed by atoms with Crippen LogP contribution in [0.2, 0.25) is 0 Å². The van der Waals surface area contributed by atoms with Gasteiger partial charge in [-0.1, -0.05) is 0 Å². The highest BCUT2D eigenvalue weighted by atomic mass is 79.9. The van der Waals surface area contributed by atoms with Gasteiger partial charge in [-0.15, -0.1) is 0 Å². The van der Waals surface area contributed by atoms with E-state index in [1.54, 1.807) is 19.1 Å². The molecule has 6 heteroatoms. The van der Waals surface area contributed by atoms with Crippen molar-refractivity contribution in [3.05, 3.63) is 28.5 Å². The van der Waals surface area contributed by atoms with Crippen LogP contribution in [-0.4, -0.2) is 30.0 Å². The minimum absolute atomic E-state index is 0.196. The van der Waals surface area contributed by atoms with Crippen LogP contribution in [0.4, 0.5) is 0 Å². The summed E-state index contributed by atoms with van der Waals surface area (Å²) in [6.07, 6.45) is 2.37. The summed E-state index contributed by atoms with van der Waals surface area (Å²) in [4.78, 5) is 26.7. The van der Waals surface area contributed by atoms with Crippen LogP contribution < -0.4 is 5.32 Å². The van der Waals surface area contributed by atoms with Crippen LogP contribution in [0.5, 0.6) is 0 Å². The van der Waals surface area contributed by atoms with Crippen molar-refractivity contribution in [1.82, 2.24) is 10.3 Å². The lowest BCUT2D eigenvalue weighted by Gasteiger charge is -2.05. The molecule has 0 aliphatic heterocycles. The number of amides is 1. The van der Waals surface area contributed by atoms with Crippen molar-refractivity contribution in [2.75, 3.05) is 13.2 Å². The lowest BCUT2D eigenvalue weighted by atomic mass is 10.2. The molecule has 0 aliphatic carbocycles. The van der Waals surface area contributed by atoms with Crippen LogP contribution in [0.15, 0.2) is 22.9 Å². The Morgan fingerprint density at radius 1 is 1.44 bits per heavy atom. The number of ether oxygens (including phenoxy) is 1. The summed E-state index contributed by atoms with van der Waals surface area (Å²) in [6, 6.07) is 3.38. The zero-order valence-electron chi connectivity index (χ0n) is 10.1. The van der Waals surface area contributed by atoms with Crippen LogP contribution in [0.1, 0.15) is 30.1 Å². The predicted octanol–water partition coefficient (Wildman–Crippen LogP) is 1.92. The second kappa shape index (κ2) is 7.81. The van der Waals surface area contributed by atoms with Crippen molar-refractivity contribution in [2.45, 2.75) is 19.8 Å². The van der Waals surface area contributed by atoms with Gasteiger partial charge < -0.3 is 10.1 Å². The van der Waals surface area contributed by atoms with Gasteiger partial charge in [0.25, 0.3) is 5.91 Å². The van der Waals surface area contributed by atoms with Gasteiger partial charge in [0, 0.05) is 19.2 Å². The fraction of sp³-hybridized carbons (Fsp3) is 0.417. The number of nitrogens with zero attached hydrogens (tertiary/aromatic N) is 1. The first-order chi connectivity index (χ1) is 8.63. The van der Waals surface area contributed by atoms with Gasteiger partial charge in [-0.05, 0) is 41.4 Å². The lowest BCUT2D eigenvalue weighted by molar-refractivity contribution is -0.143. The molecular formula is C12H15BrN2O3. The molecule has 0 aliphatic rings. The van der Waals surface area contributed by atoms with Crippen molar-refractivity contribution in [3.63, 3.8) is 0 Å². The standard InChI is InChI=1S/C12H15BrN2O3/c1-2-18-11(16)4-3-7-14-12(17)9-5-6-10(13)15-8-9/h5-6,8H,2-4,7H2,1H3,(H,14,17). The molecule has 0 saturated carbocycles. The van der Waals surface area contributed by atoms with E-state index >= 15 is 0 Å². The number of hydrogen-bond donors (Lipinski definition) is 1. The first-order valence-corrected chi connectivity index (χ1v) is 6.48. The first-order valence-electron chi connectivity index (χ1n) is 5.69. The third-order valence-electron chi connectivity index (χ3n) is 2.14. The molecule has 18 heavy (non-hydrogen) atoms. The third kappa shape index (κ3) is 5.27. The highest BCUT2D eigenvalue weighted by Gasteiger charge is 2.06. The lowest BCUT2D eigenvalue weighted by Crippen LogP contribution is -2.25. The maximum atomic E-state index is 11.6. The number of carbonyl (C=O) groups is 2. The Balaban J connectivity index is 2.25. The molecule has 1 rings (SSSR count). The summed E-state index contributed by atoms with van der Waals surface area (Å²) in [7, 11) is 0. The van der Waals surface area contributed by atoms with Crippen molar-refractivity contribution >= 4 is 27.8 Å². The van der Waals surface area contributed by atoms with E-state index in [1.807, 2.05) is 0 Å². The number of esters is 1. The molecule has 1 amide bonds. The molecule has 1 N–H and O–H groups in total. The summed E-state index contributed by atoms with van der Waals surface area (Å²) in [5.74, 6) is -0.434. The van der Waals surface area contributed by atoms with E-state index in [0.29, 0.717) is 36.2 Å². The molecular weight excluding hydrogens is 300 g/mol. The highest BCUT2D eigenvalue weighted by molar-refractivity contribution is 9.10. The predicted molar refractivity (Wildman–Crippen MR) is 70.1 cm³/mol. The van der Waals surface area contributed by atoms with Gasteiger partial charge in [-0.3, -0.25) is 9.59 Å². The van der Waals surface area contributed by atoms with Gasteiger partial charge >= 0.3 is 5.97 Å². The van der Waals surface area contributed by atoms with Crippen LogP contribution in [-0.2, 0) is 9.53 Å². The normalized spacial score (nSPS) is 9.89. The molecule has 98 valence electrons. The number of aromatic nitrogens is 1. The van der Waals surface area contributed by atoms with Crippen molar-refractivity contribution < 1.29 is 14.3 Å². The monoisotopic (exact) mass is 314 g/mol. The van der Waals surface area contributed by atoms with E-state index in [2.05, 4.69) is 26.2 Å². The molecule has 0 unspecified atom stereocenters. The van der Waals surface area contributed by atoms with E-state index in [9.17, 15) is 9.59 Å². The number of rotatable bonds is 6. The maximum Gasteiger partial charge on any atom is 0.305 e. The topological polar surface area (TPSA) is 68.3 Å². The number of carbonyl (C=O) groups excluding carboxylic acids is 2. The third-order valence-corrected chi connectivity index (χ3v) is 2.61. The Bertz CT molecular complexity index is 406. The van der Waals surface area contributed by atoms with Crippen molar-refractivity contribution in [2.24, 2.45) is 0 Å². The van der Waals surface area contributed by atoms with Gasteiger partial charge in [0.2, 0.25) is 0 Å². The number of pyridine rings is 1. The van der Waals surface area contributed by atoms with E-state index in [-0.39, 0.29) is 11.9 Å². The fourth-order valence-corrected chi connectivity index (χ4v) is 1.51. The Morgan fingerprint density at radius 2 is 2.22 bits per heavy atom. The number of halogens is 1. The number of hydrogen-bond acceptors (Lipinski definition) is 4. The average molecular weight is 315 g/mol.